The SMILES string of the molecule is C/C=C1/C=CC=N/C1=N/N(N)C(C)(C)C. The summed E-state index contributed by atoms with van der Waals surface area (Å²) in [5.74, 6) is 6.47. The van der Waals surface area contributed by atoms with Crippen molar-refractivity contribution in [2.45, 2.75) is 33.2 Å². The molecule has 0 aromatic heterocycles. The molecule has 0 aliphatic carbocycles. The van der Waals surface area contributed by atoms with Crippen LogP contribution < -0.4 is 5.84 Å². The maximum Gasteiger partial charge on any atom is 0.180 e. The van der Waals surface area contributed by atoms with Crippen molar-refractivity contribution in [2.75, 3.05) is 0 Å². The van der Waals surface area contributed by atoms with Gasteiger partial charge < -0.3 is 0 Å². The third kappa shape index (κ3) is 3.02. The molecule has 1 aliphatic rings. The average molecular weight is 206 g/mol. The van der Waals surface area contributed by atoms with Crippen molar-refractivity contribution in [2.24, 2.45) is 15.9 Å². The quantitative estimate of drug-likeness (QED) is 0.526. The number of hydrogen-bond donors (Lipinski definition) is 1. The van der Waals surface area contributed by atoms with Gasteiger partial charge in [0.25, 0.3) is 0 Å². The Balaban J connectivity index is 2.92. The molecule has 0 spiro atoms. The lowest BCUT2D eigenvalue weighted by atomic mass is 10.1. The standard InChI is InChI=1S/C11H18N4/c1-5-9-7-6-8-13-10(9)14-15(12)11(2,3)4/h5-8H,12H2,1-4H3/b9-5-,14-10+. The van der Waals surface area contributed by atoms with Gasteiger partial charge in [0.2, 0.25) is 0 Å². The zero-order chi connectivity index (χ0) is 11.5. The van der Waals surface area contributed by atoms with Gasteiger partial charge in [0.1, 0.15) is 0 Å². The van der Waals surface area contributed by atoms with Crippen LogP contribution in [0.5, 0.6) is 0 Å². The number of rotatable bonds is 1. The van der Waals surface area contributed by atoms with Gasteiger partial charge in [-0.05, 0) is 39.8 Å². The highest BCUT2D eigenvalue weighted by Gasteiger charge is 2.17. The van der Waals surface area contributed by atoms with E-state index in [1.807, 2.05) is 45.9 Å². The summed E-state index contributed by atoms with van der Waals surface area (Å²) in [7, 11) is 0. The first kappa shape index (κ1) is 11.7. The first-order chi connectivity index (χ1) is 6.95. The molecule has 82 valence electrons. The number of hydrazone groups is 1. The van der Waals surface area contributed by atoms with Crippen LogP contribution >= 0.6 is 0 Å². The number of hydrogen-bond acceptors (Lipinski definition) is 3. The van der Waals surface area contributed by atoms with Crippen LogP contribution in [-0.2, 0) is 0 Å². The molecule has 0 aromatic carbocycles. The van der Waals surface area contributed by atoms with Crippen LogP contribution in [0.3, 0.4) is 0 Å². The van der Waals surface area contributed by atoms with E-state index in [9.17, 15) is 0 Å². The lowest BCUT2D eigenvalue weighted by Crippen LogP contribution is -2.43. The molecule has 4 nitrogen and oxygen atoms in total. The molecule has 2 N–H and O–H groups in total. The van der Waals surface area contributed by atoms with Crippen LogP contribution in [0.2, 0.25) is 0 Å². The lowest BCUT2D eigenvalue weighted by Gasteiger charge is -2.28. The van der Waals surface area contributed by atoms with Crippen LogP contribution in [0.25, 0.3) is 0 Å². The van der Waals surface area contributed by atoms with E-state index < -0.39 is 0 Å². The van der Waals surface area contributed by atoms with Gasteiger partial charge in [0.15, 0.2) is 5.84 Å². The molecule has 0 saturated carbocycles. The van der Waals surface area contributed by atoms with Crippen LogP contribution in [-0.4, -0.2) is 22.7 Å². The molecule has 0 radical (unpaired) electrons. The van der Waals surface area contributed by atoms with Crippen molar-refractivity contribution < 1.29 is 0 Å². The van der Waals surface area contributed by atoms with E-state index in [4.69, 9.17) is 5.84 Å². The van der Waals surface area contributed by atoms with Gasteiger partial charge in [-0.2, -0.15) is 0 Å². The number of nitrogens with two attached hydrogens (primary N) is 1. The number of amidine groups is 1. The molecule has 1 aliphatic heterocycles. The predicted octanol–water partition coefficient (Wildman–Crippen LogP) is 1.86. The molecule has 1 rings (SSSR count). The number of aliphatic imine (C=N–C) groups is 1. The Morgan fingerprint density at radius 3 is 2.67 bits per heavy atom. The van der Waals surface area contributed by atoms with Crippen molar-refractivity contribution in [3.63, 3.8) is 0 Å². The van der Waals surface area contributed by atoms with Gasteiger partial charge in [-0.25, -0.2) is 16.0 Å². The molecule has 0 fully saturated rings. The first-order valence-electron chi connectivity index (χ1n) is 4.96. The maximum atomic E-state index is 5.82. The van der Waals surface area contributed by atoms with Crippen molar-refractivity contribution in [1.82, 2.24) is 5.12 Å². The lowest BCUT2D eigenvalue weighted by molar-refractivity contribution is 0.145. The van der Waals surface area contributed by atoms with E-state index in [1.165, 1.54) is 5.12 Å². The summed E-state index contributed by atoms with van der Waals surface area (Å²) in [4.78, 5) is 4.18. The van der Waals surface area contributed by atoms with Crippen LogP contribution in [0.4, 0.5) is 0 Å². The minimum atomic E-state index is -0.206. The Labute approximate surface area is 90.8 Å². The highest BCUT2D eigenvalue weighted by molar-refractivity contribution is 6.08. The molecule has 0 aromatic rings. The fourth-order valence-corrected chi connectivity index (χ4v) is 0.970. The zero-order valence-corrected chi connectivity index (χ0v) is 9.73. The highest BCUT2D eigenvalue weighted by Crippen LogP contribution is 2.12. The van der Waals surface area contributed by atoms with E-state index in [1.54, 1.807) is 6.21 Å². The molecule has 15 heavy (non-hydrogen) atoms. The van der Waals surface area contributed by atoms with Crippen molar-refractivity contribution in [1.29, 1.82) is 0 Å². The van der Waals surface area contributed by atoms with Crippen molar-refractivity contribution in [3.05, 3.63) is 23.8 Å². The highest BCUT2D eigenvalue weighted by atomic mass is 15.7. The Morgan fingerprint density at radius 1 is 1.47 bits per heavy atom. The van der Waals surface area contributed by atoms with E-state index in [-0.39, 0.29) is 5.54 Å². The Hall–Kier alpha value is -1.42. The van der Waals surface area contributed by atoms with Crippen LogP contribution in [0.1, 0.15) is 27.7 Å². The molecule has 1 heterocycles. The second kappa shape index (κ2) is 4.40. The fourth-order valence-electron chi connectivity index (χ4n) is 0.970. The second-order valence-corrected chi connectivity index (χ2v) is 4.32. The molecule has 0 unspecified atom stereocenters. The second-order valence-electron chi connectivity index (χ2n) is 4.32. The van der Waals surface area contributed by atoms with Crippen LogP contribution in [0.15, 0.2) is 33.9 Å². The molecule has 0 bridgehead atoms. The summed E-state index contributed by atoms with van der Waals surface area (Å²) in [6.07, 6.45) is 7.51. The van der Waals surface area contributed by atoms with E-state index >= 15 is 0 Å². The first-order valence-corrected chi connectivity index (χ1v) is 4.96. The predicted molar refractivity (Wildman–Crippen MR) is 64.6 cm³/mol. The Bertz CT molecular complexity index is 342. The van der Waals surface area contributed by atoms with Gasteiger partial charge in [-0.1, -0.05) is 6.08 Å². The third-order valence-electron chi connectivity index (χ3n) is 2.02. The van der Waals surface area contributed by atoms with Crippen LogP contribution in [0, 0.1) is 0 Å². The summed E-state index contributed by atoms with van der Waals surface area (Å²) in [6.45, 7) is 7.94. The maximum absolute atomic E-state index is 5.82. The van der Waals surface area contributed by atoms with Crippen molar-refractivity contribution >= 4 is 12.1 Å². The minimum Gasteiger partial charge on any atom is -0.235 e. The summed E-state index contributed by atoms with van der Waals surface area (Å²) in [5.41, 5.74) is 0.778. The van der Waals surface area contributed by atoms with E-state index in [0.717, 1.165) is 5.57 Å². The molecular weight excluding hydrogens is 188 g/mol. The molecule has 0 saturated heterocycles. The van der Waals surface area contributed by atoms with Gasteiger partial charge in [-0.3, -0.25) is 0 Å². The van der Waals surface area contributed by atoms with Gasteiger partial charge in [0.05, 0.1) is 5.54 Å². The summed E-state index contributed by atoms with van der Waals surface area (Å²) in [5, 5.41) is 5.70. The topological polar surface area (TPSA) is 54.0 Å². The number of hydrazine groups is 1. The van der Waals surface area contributed by atoms with E-state index in [2.05, 4.69) is 10.1 Å². The summed E-state index contributed by atoms with van der Waals surface area (Å²) in [6, 6.07) is 0. The third-order valence-corrected chi connectivity index (χ3v) is 2.02. The average Bonchev–Trinajstić information content (AvgIpc) is 2.17. The molecule has 4 heteroatoms. The molecule has 0 atom stereocenters. The smallest absolute Gasteiger partial charge is 0.180 e. The molecule has 0 amide bonds. The minimum absolute atomic E-state index is 0.206. The number of dihydropyridines is 1. The van der Waals surface area contributed by atoms with Gasteiger partial charge in [0, 0.05) is 11.8 Å². The Morgan fingerprint density at radius 2 is 2.13 bits per heavy atom. The Kier molecular flexibility index (Phi) is 3.42. The van der Waals surface area contributed by atoms with E-state index in [0.29, 0.717) is 5.84 Å². The normalized spacial score (nSPS) is 21.4. The largest absolute Gasteiger partial charge is 0.235 e. The van der Waals surface area contributed by atoms with Crippen molar-refractivity contribution in [3.8, 4) is 0 Å². The van der Waals surface area contributed by atoms with Gasteiger partial charge >= 0.3 is 0 Å². The number of nitrogens with zero attached hydrogens (tertiary/aromatic N) is 3. The summed E-state index contributed by atoms with van der Waals surface area (Å²) >= 11 is 0. The number of allylic oxidation sites excluding steroid dienone is 2. The summed E-state index contributed by atoms with van der Waals surface area (Å²) < 4.78 is 0. The monoisotopic (exact) mass is 206 g/mol. The fraction of sp³-hybridized carbons (Fsp3) is 0.455. The zero-order valence-electron chi connectivity index (χ0n) is 9.73. The van der Waals surface area contributed by atoms with Gasteiger partial charge in [-0.15, -0.1) is 5.10 Å². The molecular formula is C11H18N4.